The largest absolute Gasteiger partial charge is 0.0884 e. The van der Waals surface area contributed by atoms with Crippen LogP contribution in [0.15, 0.2) is 24.3 Å². The molecule has 4 atom stereocenters. The van der Waals surface area contributed by atoms with Crippen LogP contribution in [0, 0.1) is 0 Å². The van der Waals surface area contributed by atoms with E-state index in [0.717, 1.165) is 11.8 Å². The summed E-state index contributed by atoms with van der Waals surface area (Å²) in [4.78, 5) is 1.38. The molecule has 0 radical (unpaired) electrons. The molecular weight excluding hydrogens is 304 g/mol. The first-order valence-electron chi connectivity index (χ1n) is 5.14. The molecule has 1 aromatic rings. The van der Waals surface area contributed by atoms with Crippen molar-refractivity contribution in [2.75, 3.05) is 0 Å². The van der Waals surface area contributed by atoms with Gasteiger partial charge in [-0.1, -0.05) is 56.1 Å². The highest BCUT2D eigenvalue weighted by Crippen LogP contribution is 2.53. The Bertz CT molecular complexity index is 326. The van der Waals surface area contributed by atoms with Crippen LogP contribution in [0.1, 0.15) is 35.8 Å². The van der Waals surface area contributed by atoms with Gasteiger partial charge in [-0.15, -0.1) is 0 Å². The van der Waals surface area contributed by atoms with Gasteiger partial charge in [0, 0.05) is 9.65 Å². The first-order valence-corrected chi connectivity index (χ1v) is 6.97. The molecule has 2 heteroatoms. The van der Waals surface area contributed by atoms with E-state index in [-0.39, 0.29) is 0 Å². The third kappa shape index (κ3) is 1.23. The Kier molecular flexibility index (Phi) is 2.25. The quantitative estimate of drug-likeness (QED) is 0.630. The van der Waals surface area contributed by atoms with Gasteiger partial charge in [-0.25, -0.2) is 0 Å². The van der Waals surface area contributed by atoms with Crippen molar-refractivity contribution in [3.63, 3.8) is 0 Å². The maximum Gasteiger partial charge on any atom is 0.0221 e. The summed E-state index contributed by atoms with van der Waals surface area (Å²) in [6.07, 6.45) is 2.58. The molecule has 2 bridgehead atoms. The fourth-order valence-corrected chi connectivity index (χ4v) is 4.75. The lowest BCUT2D eigenvalue weighted by atomic mass is 9.67. The number of fused-ring (bicyclic) bond motifs is 2. The summed E-state index contributed by atoms with van der Waals surface area (Å²) < 4.78 is 0. The van der Waals surface area contributed by atoms with Crippen molar-refractivity contribution in [1.29, 1.82) is 0 Å². The molecule has 0 aromatic heterocycles. The number of hydrogen-bond donors (Lipinski definition) is 0. The molecule has 3 aliphatic rings. The first-order chi connectivity index (χ1) is 6.77. The number of benzene rings is 1. The standard InChI is InChI=1S/C12H12Br2/c13-11-6-10-8-4-2-1-3-7(8)9(11)5-12(10)14/h1-4,9-12H,5-6H2/t9-,10-,11?,12?/m0/s1. The average Bonchev–Trinajstić information content (AvgIpc) is 2.21. The van der Waals surface area contributed by atoms with E-state index in [1.807, 2.05) is 0 Å². The Balaban J connectivity index is 2.15. The lowest BCUT2D eigenvalue weighted by molar-refractivity contribution is 0.388. The molecule has 0 amide bonds. The second-order valence-electron chi connectivity index (χ2n) is 4.35. The molecular formula is C12H12Br2. The maximum atomic E-state index is 3.82. The summed E-state index contributed by atoms with van der Waals surface area (Å²) in [6.45, 7) is 0. The van der Waals surface area contributed by atoms with Crippen LogP contribution in [0.4, 0.5) is 0 Å². The second-order valence-corrected chi connectivity index (χ2v) is 6.70. The summed E-state index contributed by atoms with van der Waals surface area (Å²) in [5, 5.41) is 0. The van der Waals surface area contributed by atoms with Gasteiger partial charge in [0.05, 0.1) is 0 Å². The van der Waals surface area contributed by atoms with E-state index in [1.165, 1.54) is 12.8 Å². The monoisotopic (exact) mass is 314 g/mol. The summed E-state index contributed by atoms with van der Waals surface area (Å²) in [5.41, 5.74) is 3.17. The number of rotatable bonds is 0. The molecule has 3 aliphatic carbocycles. The van der Waals surface area contributed by atoms with Gasteiger partial charge in [-0.05, 0) is 35.8 Å². The smallest absolute Gasteiger partial charge is 0.0221 e. The van der Waals surface area contributed by atoms with Gasteiger partial charge in [0.2, 0.25) is 0 Å². The van der Waals surface area contributed by atoms with Crippen LogP contribution < -0.4 is 0 Å². The van der Waals surface area contributed by atoms with Gasteiger partial charge in [-0.3, -0.25) is 0 Å². The van der Waals surface area contributed by atoms with Crippen molar-refractivity contribution in [3.05, 3.63) is 35.4 Å². The van der Waals surface area contributed by atoms with Crippen molar-refractivity contribution >= 4 is 31.9 Å². The number of halogens is 2. The van der Waals surface area contributed by atoms with E-state index in [2.05, 4.69) is 56.1 Å². The number of hydrogen-bond acceptors (Lipinski definition) is 0. The molecule has 4 rings (SSSR count). The van der Waals surface area contributed by atoms with E-state index in [0.29, 0.717) is 9.65 Å². The third-order valence-electron chi connectivity index (χ3n) is 3.63. The van der Waals surface area contributed by atoms with Crippen molar-refractivity contribution in [2.24, 2.45) is 0 Å². The molecule has 74 valence electrons. The van der Waals surface area contributed by atoms with Gasteiger partial charge in [-0.2, -0.15) is 0 Å². The van der Waals surface area contributed by atoms with Gasteiger partial charge in [0.1, 0.15) is 0 Å². The highest BCUT2D eigenvalue weighted by molar-refractivity contribution is 9.10. The molecule has 0 heterocycles. The average molecular weight is 316 g/mol. The van der Waals surface area contributed by atoms with Crippen LogP contribution in [0.25, 0.3) is 0 Å². The van der Waals surface area contributed by atoms with Crippen molar-refractivity contribution in [2.45, 2.75) is 34.3 Å². The predicted octanol–water partition coefficient (Wildman–Crippen LogP) is 4.19. The zero-order chi connectivity index (χ0) is 9.71. The SMILES string of the molecule is BrC1C[C@H]2c3ccccc3[C@@H]1CC2Br. The normalized spacial score (nSPS) is 39.6. The maximum absolute atomic E-state index is 3.82. The Labute approximate surface area is 101 Å². The molecule has 0 spiro atoms. The minimum absolute atomic E-state index is 0.691. The van der Waals surface area contributed by atoms with Crippen molar-refractivity contribution < 1.29 is 0 Å². The molecule has 2 unspecified atom stereocenters. The highest BCUT2D eigenvalue weighted by Gasteiger charge is 2.42. The molecule has 0 nitrogen and oxygen atoms in total. The lowest BCUT2D eigenvalue weighted by Gasteiger charge is -2.44. The highest BCUT2D eigenvalue weighted by atomic mass is 79.9. The number of alkyl halides is 2. The first kappa shape index (κ1) is 9.41. The van der Waals surface area contributed by atoms with Crippen LogP contribution in [-0.2, 0) is 0 Å². The van der Waals surface area contributed by atoms with E-state index in [1.54, 1.807) is 11.1 Å². The predicted molar refractivity (Wildman–Crippen MR) is 66.6 cm³/mol. The molecule has 1 aromatic carbocycles. The molecule has 1 saturated carbocycles. The van der Waals surface area contributed by atoms with Crippen LogP contribution in [0.5, 0.6) is 0 Å². The van der Waals surface area contributed by atoms with Crippen LogP contribution >= 0.6 is 31.9 Å². The summed E-state index contributed by atoms with van der Waals surface area (Å²) in [7, 11) is 0. The molecule has 14 heavy (non-hydrogen) atoms. The second kappa shape index (κ2) is 3.34. The van der Waals surface area contributed by atoms with E-state index < -0.39 is 0 Å². The Morgan fingerprint density at radius 1 is 0.857 bits per heavy atom. The molecule has 0 aliphatic heterocycles. The summed E-state index contributed by atoms with van der Waals surface area (Å²) >= 11 is 7.64. The van der Waals surface area contributed by atoms with Crippen molar-refractivity contribution in [3.8, 4) is 0 Å². The van der Waals surface area contributed by atoms with E-state index in [9.17, 15) is 0 Å². The summed E-state index contributed by atoms with van der Waals surface area (Å²) in [5.74, 6) is 1.45. The van der Waals surface area contributed by atoms with Crippen LogP contribution in [-0.4, -0.2) is 9.65 Å². The fraction of sp³-hybridized carbons (Fsp3) is 0.500. The fourth-order valence-electron chi connectivity index (χ4n) is 2.94. The topological polar surface area (TPSA) is 0 Å². The van der Waals surface area contributed by atoms with E-state index in [4.69, 9.17) is 0 Å². The minimum atomic E-state index is 0.691. The van der Waals surface area contributed by atoms with Crippen molar-refractivity contribution in [1.82, 2.24) is 0 Å². The third-order valence-corrected chi connectivity index (χ3v) is 5.65. The Morgan fingerprint density at radius 2 is 1.29 bits per heavy atom. The van der Waals surface area contributed by atoms with Gasteiger partial charge in [0.25, 0.3) is 0 Å². The minimum Gasteiger partial charge on any atom is -0.0884 e. The van der Waals surface area contributed by atoms with Gasteiger partial charge < -0.3 is 0 Å². The zero-order valence-electron chi connectivity index (χ0n) is 7.79. The Morgan fingerprint density at radius 3 is 1.71 bits per heavy atom. The van der Waals surface area contributed by atoms with Gasteiger partial charge in [0.15, 0.2) is 0 Å². The van der Waals surface area contributed by atoms with Gasteiger partial charge >= 0.3 is 0 Å². The molecule has 0 saturated heterocycles. The lowest BCUT2D eigenvalue weighted by Crippen LogP contribution is -2.36. The van der Waals surface area contributed by atoms with Crippen LogP contribution in [0.3, 0.4) is 0 Å². The summed E-state index contributed by atoms with van der Waals surface area (Å²) in [6, 6.07) is 8.95. The van der Waals surface area contributed by atoms with E-state index >= 15 is 0 Å². The molecule has 0 N–H and O–H groups in total. The molecule has 1 fully saturated rings. The van der Waals surface area contributed by atoms with Crippen LogP contribution in [0.2, 0.25) is 0 Å². The zero-order valence-corrected chi connectivity index (χ0v) is 11.0. The Hall–Kier alpha value is 0.180.